The van der Waals surface area contributed by atoms with Crippen LogP contribution in [0.3, 0.4) is 0 Å². The molecule has 0 aliphatic carbocycles. The summed E-state index contributed by atoms with van der Waals surface area (Å²) in [5.41, 5.74) is 0. The molecule has 1 N–H and O–H groups in total. The summed E-state index contributed by atoms with van der Waals surface area (Å²) in [4.78, 5) is 0. The molecule has 1 rings (SSSR count). The van der Waals surface area contributed by atoms with Gasteiger partial charge in [0.15, 0.2) is 5.82 Å². The van der Waals surface area contributed by atoms with Crippen molar-refractivity contribution in [2.75, 3.05) is 0 Å². The Kier molecular flexibility index (Phi) is 2.73. The van der Waals surface area contributed by atoms with Gasteiger partial charge in [-0.1, -0.05) is 17.7 Å². The lowest BCUT2D eigenvalue weighted by Crippen LogP contribution is -2.01. The molecule has 11 heavy (non-hydrogen) atoms. The third-order valence-electron chi connectivity index (χ3n) is 1.10. The molecule has 0 spiro atoms. The summed E-state index contributed by atoms with van der Waals surface area (Å²) in [5.74, 6) is -0.778. The lowest BCUT2D eigenvalue weighted by atomic mass is 10.3. The molecule has 57 valence electrons. The van der Waals surface area contributed by atoms with E-state index in [1.54, 1.807) is 0 Å². The largest absolute Gasteiger partial charge is 0.569 e. The van der Waals surface area contributed by atoms with Crippen molar-refractivity contribution in [3.05, 3.63) is 29.0 Å². The molecule has 1 radical (unpaired) electrons. The van der Waals surface area contributed by atoms with E-state index >= 15 is 0 Å². The first-order valence-electron chi connectivity index (χ1n) is 2.82. The molecule has 0 amide bonds. The van der Waals surface area contributed by atoms with E-state index in [1.165, 1.54) is 18.2 Å². The zero-order chi connectivity index (χ0) is 8.27. The van der Waals surface area contributed by atoms with Crippen molar-refractivity contribution in [2.24, 2.45) is 0 Å². The van der Waals surface area contributed by atoms with Gasteiger partial charge in [0, 0.05) is 0 Å². The third kappa shape index (κ3) is 1.85. The van der Waals surface area contributed by atoms with Crippen molar-refractivity contribution in [1.29, 1.82) is 0 Å². The van der Waals surface area contributed by atoms with Crippen LogP contribution < -0.4 is 4.65 Å². The molecule has 0 aromatic heterocycles. The monoisotopic (exact) mass is 173 g/mol. The average molecular weight is 173 g/mol. The minimum absolute atomic E-state index is 0.0376. The van der Waals surface area contributed by atoms with Crippen LogP contribution in [0.15, 0.2) is 18.2 Å². The van der Waals surface area contributed by atoms with Gasteiger partial charge < -0.3 is 9.68 Å². The Bertz CT molecular complexity index is 256. The van der Waals surface area contributed by atoms with Gasteiger partial charge in [0.05, 0.1) is 5.02 Å². The van der Waals surface area contributed by atoms with Crippen LogP contribution in [-0.4, -0.2) is 12.7 Å². The van der Waals surface area contributed by atoms with Crippen molar-refractivity contribution < 1.29 is 14.1 Å². The normalized spacial score (nSPS) is 9.36. The molecular weight excluding hydrogens is 169 g/mol. The van der Waals surface area contributed by atoms with E-state index < -0.39 is 5.82 Å². The van der Waals surface area contributed by atoms with E-state index in [9.17, 15) is 4.39 Å². The van der Waals surface area contributed by atoms with Crippen LogP contribution in [0.25, 0.3) is 0 Å². The lowest BCUT2D eigenvalue weighted by Gasteiger charge is -2.02. The van der Waals surface area contributed by atoms with Gasteiger partial charge in [-0.3, -0.25) is 0 Å². The standard InChI is InChI=1S/C6H4BClFO2/c8-4-2-1-3-5(6(4)9)11-7-10/h1-3,10H. The number of hydrogen-bond acceptors (Lipinski definition) is 2. The van der Waals surface area contributed by atoms with Gasteiger partial charge in [-0.15, -0.1) is 0 Å². The highest BCUT2D eigenvalue weighted by Gasteiger charge is 2.06. The van der Waals surface area contributed by atoms with Crippen molar-refractivity contribution in [1.82, 2.24) is 0 Å². The molecule has 1 aromatic rings. The Balaban J connectivity index is 2.96. The summed E-state index contributed by atoms with van der Waals surface area (Å²) in [5, 5.41) is 8.14. The van der Waals surface area contributed by atoms with Gasteiger partial charge in [-0.25, -0.2) is 4.39 Å². The molecule has 0 saturated heterocycles. The summed E-state index contributed by atoms with van der Waals surface area (Å²) in [6, 6.07) is 4.26. The quantitative estimate of drug-likeness (QED) is 0.685. The number of rotatable bonds is 2. The Hall–Kier alpha value is -0.735. The summed E-state index contributed by atoms with van der Waals surface area (Å²) < 4.78 is 17.2. The minimum Gasteiger partial charge on any atom is -0.535 e. The van der Waals surface area contributed by atoms with Crippen LogP contribution in [0.2, 0.25) is 5.02 Å². The maximum atomic E-state index is 12.8. The van der Waals surface area contributed by atoms with Crippen molar-refractivity contribution >= 4 is 19.3 Å². The lowest BCUT2D eigenvalue weighted by molar-refractivity contribution is 0.432. The minimum atomic E-state index is -0.681. The molecule has 0 atom stereocenters. The average Bonchev–Trinajstić information content (AvgIpc) is 1.99. The van der Waals surface area contributed by atoms with E-state index in [0.29, 0.717) is 7.69 Å². The van der Waals surface area contributed by atoms with Gasteiger partial charge in [-0.2, -0.15) is 0 Å². The molecule has 2 nitrogen and oxygen atoms in total. The highest BCUT2D eigenvalue weighted by Crippen LogP contribution is 2.23. The van der Waals surface area contributed by atoms with Gasteiger partial charge in [0.1, 0.15) is 5.75 Å². The second-order valence-corrected chi connectivity index (χ2v) is 2.18. The summed E-state index contributed by atoms with van der Waals surface area (Å²) in [7, 11) is 0.398. The second-order valence-electron chi connectivity index (χ2n) is 1.78. The maximum Gasteiger partial charge on any atom is 0.569 e. The fourth-order valence-corrected chi connectivity index (χ4v) is 0.798. The maximum absolute atomic E-state index is 12.8. The van der Waals surface area contributed by atoms with E-state index in [1.807, 2.05) is 0 Å². The molecule has 5 heteroatoms. The van der Waals surface area contributed by atoms with Gasteiger partial charge in [0.25, 0.3) is 0 Å². The van der Waals surface area contributed by atoms with Crippen molar-refractivity contribution in [3.8, 4) is 5.75 Å². The number of halogens is 2. The van der Waals surface area contributed by atoms with Crippen LogP contribution in [-0.2, 0) is 0 Å². The molecular formula is C6H4BClFO2. The van der Waals surface area contributed by atoms with E-state index in [-0.39, 0.29) is 10.8 Å². The number of benzene rings is 1. The van der Waals surface area contributed by atoms with Crippen LogP contribution in [0, 0.1) is 5.82 Å². The topological polar surface area (TPSA) is 29.5 Å². The first kappa shape index (κ1) is 8.36. The highest BCUT2D eigenvalue weighted by atomic mass is 35.5. The smallest absolute Gasteiger partial charge is 0.535 e. The zero-order valence-electron chi connectivity index (χ0n) is 5.42. The predicted octanol–water partition coefficient (Wildman–Crippen LogP) is 1.38. The molecule has 0 heterocycles. The van der Waals surface area contributed by atoms with Crippen molar-refractivity contribution in [3.63, 3.8) is 0 Å². The molecule has 1 aromatic carbocycles. The number of hydrogen-bond donors (Lipinski definition) is 1. The fraction of sp³-hybridized carbons (Fsp3) is 0. The molecule has 0 unspecified atom stereocenters. The van der Waals surface area contributed by atoms with Crippen LogP contribution in [0.4, 0.5) is 4.39 Å². The molecule has 0 fully saturated rings. The SMILES string of the molecule is O[B]Oc1cccc(Cl)c1F. The Morgan fingerprint density at radius 3 is 2.91 bits per heavy atom. The van der Waals surface area contributed by atoms with E-state index in [4.69, 9.17) is 16.6 Å². The fourth-order valence-electron chi connectivity index (χ4n) is 0.632. The zero-order valence-corrected chi connectivity index (χ0v) is 6.18. The molecule has 0 aliphatic rings. The predicted molar refractivity (Wildman–Crippen MR) is 40.0 cm³/mol. The molecule has 0 saturated carbocycles. The van der Waals surface area contributed by atoms with Gasteiger partial charge in [-0.05, 0) is 12.1 Å². The van der Waals surface area contributed by atoms with E-state index in [2.05, 4.69) is 4.65 Å². The van der Waals surface area contributed by atoms with Crippen LogP contribution in [0.5, 0.6) is 5.75 Å². The Labute approximate surface area is 68.9 Å². The summed E-state index contributed by atoms with van der Waals surface area (Å²) >= 11 is 5.40. The first-order chi connectivity index (χ1) is 5.25. The molecule has 0 aliphatic heterocycles. The summed E-state index contributed by atoms with van der Waals surface area (Å²) in [6.07, 6.45) is 0. The second kappa shape index (κ2) is 3.60. The van der Waals surface area contributed by atoms with E-state index in [0.717, 1.165) is 0 Å². The summed E-state index contributed by atoms with van der Waals surface area (Å²) in [6.45, 7) is 0. The van der Waals surface area contributed by atoms with Crippen LogP contribution >= 0.6 is 11.6 Å². The Morgan fingerprint density at radius 1 is 1.55 bits per heavy atom. The van der Waals surface area contributed by atoms with Crippen molar-refractivity contribution in [2.45, 2.75) is 0 Å². The molecule has 0 bridgehead atoms. The highest BCUT2D eigenvalue weighted by molar-refractivity contribution is 6.31. The van der Waals surface area contributed by atoms with Crippen LogP contribution in [0.1, 0.15) is 0 Å². The Morgan fingerprint density at radius 2 is 2.27 bits per heavy atom. The first-order valence-corrected chi connectivity index (χ1v) is 3.20. The van der Waals surface area contributed by atoms with Gasteiger partial charge in [0.2, 0.25) is 0 Å². The van der Waals surface area contributed by atoms with Gasteiger partial charge >= 0.3 is 7.69 Å². The third-order valence-corrected chi connectivity index (χ3v) is 1.39.